The fourth-order valence-electron chi connectivity index (χ4n) is 25.0. The molecule has 0 saturated carbocycles. The quantitative estimate of drug-likeness (QED) is 0.0534. The van der Waals surface area contributed by atoms with E-state index in [-0.39, 0.29) is 84.6 Å². The predicted octanol–water partition coefficient (Wildman–Crippen LogP) is 26.3. The molecule has 2 aromatic heterocycles. The summed E-state index contributed by atoms with van der Waals surface area (Å²) in [4.78, 5) is 70.6. The monoisotopic (exact) mass is 1810 g/mol. The number of hydrogen-bond acceptors (Lipinski definition) is 21. The third kappa shape index (κ3) is 34.2. The van der Waals surface area contributed by atoms with E-state index in [2.05, 4.69) is 289 Å². The Bertz CT molecular complexity index is 3020. The van der Waals surface area contributed by atoms with Crippen molar-refractivity contribution < 1.29 is 14.5 Å². The molecule has 0 unspecified atom stereocenters. The third-order valence-electron chi connectivity index (χ3n) is 29.3. The number of hydroxylamine groups is 6. The van der Waals surface area contributed by atoms with Crippen molar-refractivity contribution in [3.63, 3.8) is 0 Å². The first-order valence-electron chi connectivity index (χ1n) is 54.2. The van der Waals surface area contributed by atoms with Crippen molar-refractivity contribution in [1.29, 1.82) is 0 Å². The summed E-state index contributed by atoms with van der Waals surface area (Å²) in [5.41, 5.74) is -1.02. The van der Waals surface area contributed by atoms with Crippen LogP contribution in [0.4, 0.5) is 35.7 Å². The van der Waals surface area contributed by atoms with Crippen LogP contribution in [-0.4, -0.2) is 207 Å². The van der Waals surface area contributed by atoms with E-state index in [1.54, 1.807) is 0 Å². The number of nitrogens with zero attached hydrogens (tertiary/aromatic N) is 15. The fourth-order valence-corrected chi connectivity index (χ4v) is 25.0. The lowest BCUT2D eigenvalue weighted by molar-refractivity contribution is -0.283. The molecule has 8 heterocycles. The molecule has 6 fully saturated rings. The van der Waals surface area contributed by atoms with Gasteiger partial charge in [-0.2, -0.15) is 45.1 Å². The van der Waals surface area contributed by atoms with Gasteiger partial charge in [-0.3, -0.25) is 14.5 Å². The molecule has 750 valence electrons. The highest BCUT2D eigenvalue weighted by atomic mass is 16.7. The predicted molar refractivity (Wildman–Crippen MR) is 553 cm³/mol. The Morgan fingerprint density at radius 1 is 0.209 bits per heavy atom. The molecule has 21 heteroatoms. The Morgan fingerprint density at radius 3 is 0.504 bits per heavy atom. The average Bonchev–Trinajstić information content (AvgIpc) is 0.756. The third-order valence-corrected chi connectivity index (χ3v) is 29.3. The van der Waals surface area contributed by atoms with Gasteiger partial charge >= 0.3 is 0 Å². The van der Waals surface area contributed by atoms with Crippen molar-refractivity contribution in [2.45, 2.75) is 601 Å². The summed E-state index contributed by atoms with van der Waals surface area (Å²) in [5, 5.41) is 19.0. The summed E-state index contributed by atoms with van der Waals surface area (Å²) in [6.45, 7) is 86.0. The van der Waals surface area contributed by atoms with Crippen LogP contribution in [0.5, 0.6) is 0 Å². The van der Waals surface area contributed by atoms with Crippen molar-refractivity contribution in [2.75, 3.05) is 88.5 Å². The van der Waals surface area contributed by atoms with Gasteiger partial charge in [0.1, 0.15) is 0 Å². The van der Waals surface area contributed by atoms with Crippen LogP contribution in [0.15, 0.2) is 0 Å². The van der Waals surface area contributed by atoms with Crippen LogP contribution in [0, 0.1) is 0 Å². The first-order valence-corrected chi connectivity index (χ1v) is 54.2. The van der Waals surface area contributed by atoms with E-state index in [1.165, 1.54) is 96.3 Å². The van der Waals surface area contributed by atoms with Gasteiger partial charge < -0.3 is 45.3 Å². The zero-order valence-electron chi connectivity index (χ0n) is 91.0. The summed E-state index contributed by atoms with van der Waals surface area (Å²) < 4.78 is 0. The average molecular weight is 1810 g/mol. The molecule has 6 saturated heterocycles. The number of aromatic nitrogens is 6. The molecule has 129 heavy (non-hydrogen) atoms. The standard InChI is InChI=1S/C66H129N9O3.C42H81N9/c1-19-25-31-34-37-40-46-76-73-61(7,8)49-55(50-62(73,9)10)70(43-28-22-4)58-67-59(71(44-29-23-5)56-51-63(11,12)74(64(13,14)52-56)77-47-41-38-35-32-26-20-2)69-60(68-58)72(45-30-24-6)57-53-65(15,16)75(66(17,18)54-57)78-48-42-39-36-33-27-21-3;1-16-19-22-49(31-25-37(4,5)46-38(6,7)26-31)34-43-35(50(23-20-17-2)32-27-39(8,9)47-40(10,11)28-32)45-36(44-34)51(24-21-18-3)33-29-41(12,13)48-42(14,15)30-33/h55-57H,19-54H2,1-18H3;31-33,46-48H,16-30H2,1-15H3. The van der Waals surface area contributed by atoms with Crippen LogP contribution < -0.4 is 45.3 Å². The van der Waals surface area contributed by atoms with Crippen molar-refractivity contribution in [1.82, 2.24) is 61.0 Å². The summed E-state index contributed by atoms with van der Waals surface area (Å²) in [6.07, 6.45) is 48.2. The molecule has 0 amide bonds. The molecule has 0 spiro atoms. The molecular weight excluding hydrogens is 1600 g/mol. The number of unbranched alkanes of at least 4 members (excludes halogenated alkanes) is 21. The van der Waals surface area contributed by atoms with E-state index in [4.69, 9.17) is 44.4 Å². The first kappa shape index (κ1) is 112. The van der Waals surface area contributed by atoms with Crippen molar-refractivity contribution in [3.8, 4) is 0 Å². The van der Waals surface area contributed by atoms with Crippen LogP contribution in [0.1, 0.15) is 498 Å². The number of rotatable bonds is 54. The second kappa shape index (κ2) is 50.2. The van der Waals surface area contributed by atoms with Gasteiger partial charge in [0.25, 0.3) is 0 Å². The van der Waals surface area contributed by atoms with Gasteiger partial charge in [0.05, 0.1) is 19.8 Å². The van der Waals surface area contributed by atoms with Gasteiger partial charge in [-0.05, 0) is 301 Å². The molecule has 0 bridgehead atoms. The highest BCUT2D eigenvalue weighted by Crippen LogP contribution is 2.48. The fraction of sp³-hybridized carbons (Fsp3) is 0.944. The lowest BCUT2D eigenvalue weighted by Crippen LogP contribution is -2.65. The molecule has 8 rings (SSSR count). The Hall–Kier alpha value is -3.54. The summed E-state index contributed by atoms with van der Waals surface area (Å²) in [6, 6.07) is 1.69. The van der Waals surface area contributed by atoms with Crippen molar-refractivity contribution in [2.24, 2.45) is 0 Å². The Labute approximate surface area is 796 Å². The minimum absolute atomic E-state index is 0.0222. The van der Waals surface area contributed by atoms with Crippen LogP contribution >= 0.6 is 0 Å². The maximum absolute atomic E-state index is 6.85. The molecule has 6 aliphatic heterocycles. The highest BCUT2D eigenvalue weighted by molar-refractivity contribution is 5.51. The number of piperidine rings is 6. The van der Waals surface area contributed by atoms with E-state index < -0.39 is 0 Å². The van der Waals surface area contributed by atoms with Crippen LogP contribution in [-0.2, 0) is 14.5 Å². The van der Waals surface area contributed by atoms with E-state index >= 15 is 0 Å². The molecule has 0 radical (unpaired) electrons. The topological polar surface area (TPSA) is 170 Å². The second-order valence-corrected chi connectivity index (χ2v) is 49.4. The minimum Gasteiger partial charge on any atom is -0.338 e. The summed E-state index contributed by atoms with van der Waals surface area (Å²) >= 11 is 0. The second-order valence-electron chi connectivity index (χ2n) is 49.4. The largest absolute Gasteiger partial charge is 0.338 e. The molecule has 0 atom stereocenters. The van der Waals surface area contributed by atoms with E-state index in [9.17, 15) is 0 Å². The van der Waals surface area contributed by atoms with Crippen LogP contribution in [0.25, 0.3) is 0 Å². The van der Waals surface area contributed by atoms with E-state index in [1.807, 2.05) is 0 Å². The maximum atomic E-state index is 6.85. The number of anilines is 6. The van der Waals surface area contributed by atoms with E-state index in [0.29, 0.717) is 18.1 Å². The number of nitrogens with one attached hydrogen (secondary N) is 3. The molecule has 3 N–H and O–H groups in total. The summed E-state index contributed by atoms with van der Waals surface area (Å²) in [7, 11) is 0. The molecule has 21 nitrogen and oxygen atoms in total. The lowest BCUT2D eigenvalue weighted by atomic mass is 9.78. The van der Waals surface area contributed by atoms with Crippen molar-refractivity contribution in [3.05, 3.63) is 0 Å². The Morgan fingerprint density at radius 2 is 0.349 bits per heavy atom. The number of hydrogen-bond donors (Lipinski definition) is 3. The minimum atomic E-state index is -0.192. The molecule has 0 aromatic carbocycles. The summed E-state index contributed by atoms with van der Waals surface area (Å²) in [5.74, 6) is 5.18. The smallest absolute Gasteiger partial charge is 0.232 e. The zero-order valence-corrected chi connectivity index (χ0v) is 91.0. The van der Waals surface area contributed by atoms with Crippen molar-refractivity contribution >= 4 is 35.7 Å². The molecule has 2 aromatic rings. The zero-order chi connectivity index (χ0) is 95.7. The first-order chi connectivity index (χ1) is 60.4. The molecule has 0 aliphatic carbocycles. The maximum Gasteiger partial charge on any atom is 0.232 e. The van der Waals surface area contributed by atoms with Gasteiger partial charge in [0.15, 0.2) is 0 Å². The van der Waals surface area contributed by atoms with Crippen LogP contribution in [0.3, 0.4) is 0 Å². The normalized spacial score (nSPS) is 22.2. The highest BCUT2D eigenvalue weighted by Gasteiger charge is 2.54. The molecular formula is C108H210N18O3. The van der Waals surface area contributed by atoms with Gasteiger partial charge in [-0.15, -0.1) is 0 Å². The van der Waals surface area contributed by atoms with Gasteiger partial charge in [-0.25, -0.2) is 0 Å². The van der Waals surface area contributed by atoms with Gasteiger partial charge in [0, 0.05) is 142 Å². The molecule has 6 aliphatic rings. The SMILES string of the molecule is CCCCCCCCON1C(C)(C)CC(N(CCCC)c2nc(N(CCCC)C3CC(C)(C)N(OCCCCCCCC)C(C)(C)C3)nc(N(CCCC)C3CC(C)(C)N(OCCCCCCCC)C(C)(C)C3)n2)CC1(C)C.CCCCN(c1nc(N(CCCC)C2CC(C)(C)NC(C)(C)C2)nc(N(CCCC)C2CC(C)(C)NC(C)(C)C2)n1)C1CC(C)(C)NC(C)(C)C1. The Kier molecular flexibility index (Phi) is 43.7. The van der Waals surface area contributed by atoms with E-state index in [0.717, 1.165) is 268 Å². The van der Waals surface area contributed by atoms with Crippen LogP contribution in [0.2, 0.25) is 0 Å². The lowest BCUT2D eigenvalue weighted by Gasteiger charge is -2.56. The van der Waals surface area contributed by atoms with Gasteiger partial charge in [-0.1, -0.05) is 197 Å². The van der Waals surface area contributed by atoms with Gasteiger partial charge in [0.2, 0.25) is 35.7 Å². The Balaban J connectivity index is 0.000000385.